The topological polar surface area (TPSA) is 69.6 Å². The molecule has 4 rings (SSSR count). The Morgan fingerprint density at radius 2 is 1.59 bits per heavy atom. The highest BCUT2D eigenvalue weighted by molar-refractivity contribution is 5.97. The number of ketones is 1. The van der Waals surface area contributed by atoms with E-state index in [1.165, 1.54) is 5.56 Å². The maximum Gasteiger partial charge on any atom is 0.225 e. The van der Waals surface area contributed by atoms with Gasteiger partial charge in [0.05, 0.1) is 0 Å². The van der Waals surface area contributed by atoms with Gasteiger partial charge in [0, 0.05) is 63.0 Å². The molecule has 2 aliphatic rings. The van der Waals surface area contributed by atoms with Crippen LogP contribution in [0.5, 0.6) is 0 Å². The van der Waals surface area contributed by atoms with Gasteiger partial charge < -0.3 is 14.7 Å². The number of piperidine rings is 1. The molecule has 1 amide bonds. The molecule has 2 aromatic rings. The van der Waals surface area contributed by atoms with E-state index >= 15 is 0 Å². The summed E-state index contributed by atoms with van der Waals surface area (Å²) in [5.41, 5.74) is 2.13. The number of anilines is 1. The second kappa shape index (κ2) is 11.6. The van der Waals surface area contributed by atoms with E-state index < -0.39 is 0 Å². The van der Waals surface area contributed by atoms with E-state index in [-0.39, 0.29) is 17.6 Å². The van der Waals surface area contributed by atoms with E-state index in [4.69, 9.17) is 0 Å². The summed E-state index contributed by atoms with van der Waals surface area (Å²) in [4.78, 5) is 40.7. The van der Waals surface area contributed by atoms with Gasteiger partial charge in [-0.25, -0.2) is 9.97 Å². The Hall–Kier alpha value is -2.80. The standard InChI is InChI=1S/C27H37N5O2/c1-21(2)20-22-4-6-23(7-5-22)26(34)24-8-13-30(14-9-24)15-10-25(33)31-16-18-32(19-17-31)27-28-11-3-12-29-27/h3-7,11-12,21,24H,8-10,13-20H2,1-2H3. The van der Waals surface area contributed by atoms with Gasteiger partial charge in [0.15, 0.2) is 5.78 Å². The van der Waals surface area contributed by atoms with E-state index in [2.05, 4.69) is 45.7 Å². The zero-order valence-electron chi connectivity index (χ0n) is 20.5. The van der Waals surface area contributed by atoms with Crippen molar-refractivity contribution in [3.8, 4) is 0 Å². The van der Waals surface area contributed by atoms with Crippen LogP contribution >= 0.6 is 0 Å². The molecule has 0 radical (unpaired) electrons. The first-order valence-electron chi connectivity index (χ1n) is 12.6. The monoisotopic (exact) mass is 463 g/mol. The smallest absolute Gasteiger partial charge is 0.225 e. The first-order chi connectivity index (χ1) is 16.5. The summed E-state index contributed by atoms with van der Waals surface area (Å²) in [5.74, 6) is 1.93. The zero-order valence-corrected chi connectivity index (χ0v) is 20.5. The molecular weight excluding hydrogens is 426 g/mol. The molecule has 2 aliphatic heterocycles. The molecule has 7 heteroatoms. The van der Waals surface area contributed by atoms with Gasteiger partial charge >= 0.3 is 0 Å². The van der Waals surface area contributed by atoms with Gasteiger partial charge in [0.25, 0.3) is 0 Å². The van der Waals surface area contributed by atoms with Gasteiger partial charge in [-0.2, -0.15) is 0 Å². The lowest BCUT2D eigenvalue weighted by molar-refractivity contribution is -0.131. The molecule has 1 aromatic heterocycles. The van der Waals surface area contributed by atoms with Crippen LogP contribution in [0.4, 0.5) is 5.95 Å². The fraction of sp³-hybridized carbons (Fsp3) is 0.556. The summed E-state index contributed by atoms with van der Waals surface area (Å²) >= 11 is 0. The number of piperazine rings is 1. The summed E-state index contributed by atoms with van der Waals surface area (Å²) in [6, 6.07) is 10.00. The fourth-order valence-electron chi connectivity index (χ4n) is 4.95. The SMILES string of the molecule is CC(C)Cc1ccc(C(=O)C2CCN(CCC(=O)N3CCN(c4ncccn4)CC3)CC2)cc1. The van der Waals surface area contributed by atoms with Gasteiger partial charge in [-0.3, -0.25) is 9.59 Å². The van der Waals surface area contributed by atoms with Crippen molar-refractivity contribution in [1.29, 1.82) is 0 Å². The lowest BCUT2D eigenvalue weighted by atomic mass is 9.88. The van der Waals surface area contributed by atoms with E-state index in [9.17, 15) is 9.59 Å². The molecule has 0 bridgehead atoms. The van der Waals surface area contributed by atoms with Gasteiger partial charge in [-0.1, -0.05) is 38.1 Å². The van der Waals surface area contributed by atoms with E-state index in [0.717, 1.165) is 63.5 Å². The molecule has 0 aliphatic carbocycles. The normalized spacial score (nSPS) is 17.9. The summed E-state index contributed by atoms with van der Waals surface area (Å²) in [7, 11) is 0. The first-order valence-corrected chi connectivity index (χ1v) is 12.6. The zero-order chi connectivity index (χ0) is 23.9. The Labute approximate surface area is 203 Å². The Morgan fingerprint density at radius 1 is 0.941 bits per heavy atom. The third kappa shape index (κ3) is 6.41. The number of benzene rings is 1. The van der Waals surface area contributed by atoms with Crippen LogP contribution in [0.3, 0.4) is 0 Å². The quantitative estimate of drug-likeness (QED) is 0.560. The number of likely N-dealkylation sites (tertiary alicyclic amines) is 1. The van der Waals surface area contributed by atoms with Crippen LogP contribution in [0, 0.1) is 11.8 Å². The number of Topliss-reactive ketones (excluding diaryl/α,β-unsaturated/α-hetero) is 1. The van der Waals surface area contributed by atoms with Crippen LogP contribution in [0.2, 0.25) is 0 Å². The molecule has 0 saturated carbocycles. The predicted octanol–water partition coefficient (Wildman–Crippen LogP) is 3.31. The number of hydrogen-bond donors (Lipinski definition) is 0. The van der Waals surface area contributed by atoms with Crippen molar-refractivity contribution in [1.82, 2.24) is 19.8 Å². The minimum atomic E-state index is 0.0937. The lowest BCUT2D eigenvalue weighted by Crippen LogP contribution is -2.50. The Morgan fingerprint density at radius 3 is 2.21 bits per heavy atom. The Kier molecular flexibility index (Phi) is 8.27. The van der Waals surface area contributed by atoms with Crippen LogP contribution in [0.15, 0.2) is 42.7 Å². The lowest BCUT2D eigenvalue weighted by Gasteiger charge is -2.35. The average Bonchev–Trinajstić information content (AvgIpc) is 2.88. The van der Waals surface area contributed by atoms with Crippen molar-refractivity contribution >= 4 is 17.6 Å². The highest BCUT2D eigenvalue weighted by Gasteiger charge is 2.27. The van der Waals surface area contributed by atoms with Crippen molar-refractivity contribution in [3.63, 3.8) is 0 Å². The molecule has 0 unspecified atom stereocenters. The van der Waals surface area contributed by atoms with Gasteiger partial charge in [0.1, 0.15) is 0 Å². The number of amides is 1. The van der Waals surface area contributed by atoms with Crippen LogP contribution in [0.25, 0.3) is 0 Å². The molecule has 0 N–H and O–H groups in total. The Bertz CT molecular complexity index is 931. The van der Waals surface area contributed by atoms with Crippen LogP contribution < -0.4 is 4.90 Å². The maximum atomic E-state index is 12.9. The van der Waals surface area contributed by atoms with Crippen LogP contribution in [-0.4, -0.2) is 77.3 Å². The summed E-state index contributed by atoms with van der Waals surface area (Å²) in [5, 5.41) is 0. The number of rotatable bonds is 8. The molecule has 2 fully saturated rings. The van der Waals surface area contributed by atoms with Gasteiger partial charge in [-0.05, 0) is 49.9 Å². The van der Waals surface area contributed by atoms with Crippen molar-refractivity contribution in [2.75, 3.05) is 50.7 Å². The number of carbonyl (C=O) groups excluding carboxylic acids is 2. The molecule has 0 atom stereocenters. The predicted molar refractivity (Wildman–Crippen MR) is 134 cm³/mol. The largest absolute Gasteiger partial charge is 0.339 e. The number of aromatic nitrogens is 2. The number of nitrogens with zero attached hydrogens (tertiary/aromatic N) is 5. The molecule has 3 heterocycles. The van der Waals surface area contributed by atoms with Crippen molar-refractivity contribution in [3.05, 3.63) is 53.9 Å². The highest BCUT2D eigenvalue weighted by Crippen LogP contribution is 2.23. The van der Waals surface area contributed by atoms with Crippen molar-refractivity contribution in [2.24, 2.45) is 11.8 Å². The fourth-order valence-corrected chi connectivity index (χ4v) is 4.95. The Balaban J connectivity index is 1.17. The minimum absolute atomic E-state index is 0.0937. The summed E-state index contributed by atoms with van der Waals surface area (Å²) < 4.78 is 0. The van der Waals surface area contributed by atoms with E-state index in [1.54, 1.807) is 12.4 Å². The third-order valence-electron chi connectivity index (χ3n) is 6.95. The molecule has 34 heavy (non-hydrogen) atoms. The number of carbonyl (C=O) groups is 2. The molecule has 1 aromatic carbocycles. The number of hydrogen-bond acceptors (Lipinski definition) is 6. The molecular formula is C27H37N5O2. The summed E-state index contributed by atoms with van der Waals surface area (Å²) in [6.45, 7) is 9.91. The molecule has 0 spiro atoms. The van der Waals surface area contributed by atoms with Gasteiger partial charge in [-0.15, -0.1) is 0 Å². The molecule has 2 saturated heterocycles. The average molecular weight is 464 g/mol. The minimum Gasteiger partial charge on any atom is -0.339 e. The maximum absolute atomic E-state index is 12.9. The summed E-state index contributed by atoms with van der Waals surface area (Å²) in [6.07, 6.45) is 6.83. The first kappa shape index (κ1) is 24.3. The molecule has 7 nitrogen and oxygen atoms in total. The molecule has 182 valence electrons. The second-order valence-electron chi connectivity index (χ2n) is 9.94. The third-order valence-corrected chi connectivity index (χ3v) is 6.95. The van der Waals surface area contributed by atoms with Crippen molar-refractivity contribution < 1.29 is 9.59 Å². The highest BCUT2D eigenvalue weighted by atomic mass is 16.2. The van der Waals surface area contributed by atoms with E-state index in [0.29, 0.717) is 25.4 Å². The second-order valence-corrected chi connectivity index (χ2v) is 9.94. The van der Waals surface area contributed by atoms with Crippen LogP contribution in [0.1, 0.15) is 49.0 Å². The van der Waals surface area contributed by atoms with Crippen molar-refractivity contribution in [2.45, 2.75) is 39.5 Å². The van der Waals surface area contributed by atoms with Gasteiger partial charge in [0.2, 0.25) is 11.9 Å². The van der Waals surface area contributed by atoms with Crippen LogP contribution in [-0.2, 0) is 11.2 Å². The van der Waals surface area contributed by atoms with E-state index in [1.807, 2.05) is 23.1 Å².